The SMILES string of the molecule is CN(CC(=O)NC1CCCC1)c1ccc(Br)cc1N. The van der Waals surface area contributed by atoms with E-state index in [4.69, 9.17) is 5.73 Å². The third kappa shape index (κ3) is 3.86. The van der Waals surface area contributed by atoms with Crippen molar-refractivity contribution in [3.8, 4) is 0 Å². The molecular formula is C14H20BrN3O. The molecule has 1 saturated carbocycles. The van der Waals surface area contributed by atoms with Gasteiger partial charge in [0, 0.05) is 17.6 Å². The largest absolute Gasteiger partial charge is 0.397 e. The number of nitrogens with zero attached hydrogens (tertiary/aromatic N) is 1. The highest BCUT2D eigenvalue weighted by Gasteiger charge is 2.18. The van der Waals surface area contributed by atoms with Crippen molar-refractivity contribution in [2.75, 3.05) is 24.2 Å². The van der Waals surface area contributed by atoms with Crippen LogP contribution in [-0.2, 0) is 4.79 Å². The van der Waals surface area contributed by atoms with E-state index < -0.39 is 0 Å². The van der Waals surface area contributed by atoms with E-state index in [2.05, 4.69) is 21.2 Å². The zero-order valence-electron chi connectivity index (χ0n) is 11.2. The number of hydrogen-bond acceptors (Lipinski definition) is 3. The minimum absolute atomic E-state index is 0.0664. The highest BCUT2D eigenvalue weighted by Crippen LogP contribution is 2.25. The number of carbonyl (C=O) groups is 1. The average molecular weight is 326 g/mol. The van der Waals surface area contributed by atoms with Crippen molar-refractivity contribution in [1.82, 2.24) is 5.32 Å². The minimum Gasteiger partial charge on any atom is -0.397 e. The topological polar surface area (TPSA) is 58.4 Å². The Morgan fingerprint density at radius 1 is 1.47 bits per heavy atom. The number of rotatable bonds is 4. The van der Waals surface area contributed by atoms with Gasteiger partial charge in [-0.3, -0.25) is 4.79 Å². The van der Waals surface area contributed by atoms with Gasteiger partial charge < -0.3 is 16.0 Å². The summed E-state index contributed by atoms with van der Waals surface area (Å²) in [7, 11) is 1.88. The smallest absolute Gasteiger partial charge is 0.239 e. The van der Waals surface area contributed by atoms with Crippen LogP contribution in [0.25, 0.3) is 0 Å². The molecule has 0 atom stereocenters. The normalized spacial score (nSPS) is 15.5. The van der Waals surface area contributed by atoms with Crippen LogP contribution in [-0.4, -0.2) is 25.5 Å². The van der Waals surface area contributed by atoms with Crippen LogP contribution >= 0.6 is 15.9 Å². The Labute approximate surface area is 122 Å². The molecule has 0 aromatic heterocycles. The molecular weight excluding hydrogens is 306 g/mol. The molecule has 1 aromatic rings. The summed E-state index contributed by atoms with van der Waals surface area (Å²) < 4.78 is 0.942. The lowest BCUT2D eigenvalue weighted by Gasteiger charge is -2.22. The van der Waals surface area contributed by atoms with Gasteiger partial charge in [-0.15, -0.1) is 0 Å². The molecule has 1 aliphatic rings. The van der Waals surface area contributed by atoms with Gasteiger partial charge in [0.05, 0.1) is 17.9 Å². The number of likely N-dealkylation sites (N-methyl/N-ethyl adjacent to an activating group) is 1. The first-order chi connectivity index (χ1) is 9.06. The van der Waals surface area contributed by atoms with Gasteiger partial charge in [0.15, 0.2) is 0 Å². The molecule has 0 unspecified atom stereocenters. The summed E-state index contributed by atoms with van der Waals surface area (Å²) in [5.41, 5.74) is 7.51. The minimum atomic E-state index is 0.0664. The lowest BCUT2D eigenvalue weighted by atomic mass is 10.2. The maximum atomic E-state index is 12.0. The third-order valence-corrected chi connectivity index (χ3v) is 4.00. The predicted octanol–water partition coefficient (Wildman–Crippen LogP) is 2.53. The fraction of sp³-hybridized carbons (Fsp3) is 0.500. The zero-order chi connectivity index (χ0) is 13.8. The molecule has 5 heteroatoms. The van der Waals surface area contributed by atoms with Crippen molar-refractivity contribution in [2.45, 2.75) is 31.7 Å². The number of hydrogen-bond donors (Lipinski definition) is 2. The summed E-state index contributed by atoms with van der Waals surface area (Å²) in [4.78, 5) is 13.8. The van der Waals surface area contributed by atoms with Crippen molar-refractivity contribution >= 4 is 33.2 Å². The van der Waals surface area contributed by atoms with E-state index in [0.29, 0.717) is 18.3 Å². The average Bonchev–Trinajstić information content (AvgIpc) is 2.81. The lowest BCUT2D eigenvalue weighted by Crippen LogP contribution is -2.40. The molecule has 1 aromatic carbocycles. The number of carbonyl (C=O) groups excluding carboxylic acids is 1. The quantitative estimate of drug-likeness (QED) is 0.836. The van der Waals surface area contributed by atoms with Crippen LogP contribution in [0, 0.1) is 0 Å². The molecule has 4 nitrogen and oxygen atoms in total. The van der Waals surface area contributed by atoms with Crippen LogP contribution in [0.15, 0.2) is 22.7 Å². The number of amides is 1. The lowest BCUT2D eigenvalue weighted by molar-refractivity contribution is -0.120. The molecule has 0 heterocycles. The Hall–Kier alpha value is -1.23. The number of nitrogens with one attached hydrogen (secondary N) is 1. The molecule has 19 heavy (non-hydrogen) atoms. The fourth-order valence-corrected chi connectivity index (χ4v) is 2.90. The molecule has 0 aliphatic heterocycles. The van der Waals surface area contributed by atoms with Gasteiger partial charge in [-0.05, 0) is 31.0 Å². The molecule has 1 fully saturated rings. The van der Waals surface area contributed by atoms with Crippen molar-refractivity contribution in [2.24, 2.45) is 0 Å². The van der Waals surface area contributed by atoms with E-state index in [9.17, 15) is 4.79 Å². The summed E-state index contributed by atoms with van der Waals surface area (Å²) in [5.74, 6) is 0.0664. The molecule has 0 bridgehead atoms. The van der Waals surface area contributed by atoms with E-state index in [1.807, 2.05) is 30.1 Å². The fourth-order valence-electron chi connectivity index (χ4n) is 2.52. The van der Waals surface area contributed by atoms with Crippen molar-refractivity contribution in [3.05, 3.63) is 22.7 Å². The van der Waals surface area contributed by atoms with Gasteiger partial charge in [-0.1, -0.05) is 28.8 Å². The molecule has 0 spiro atoms. The van der Waals surface area contributed by atoms with Crippen molar-refractivity contribution in [3.63, 3.8) is 0 Å². The Morgan fingerprint density at radius 2 is 2.16 bits per heavy atom. The Bertz CT molecular complexity index is 458. The van der Waals surface area contributed by atoms with Crippen LogP contribution in [0.4, 0.5) is 11.4 Å². The molecule has 1 aliphatic carbocycles. The van der Waals surface area contributed by atoms with Gasteiger partial charge in [0.1, 0.15) is 0 Å². The van der Waals surface area contributed by atoms with Crippen LogP contribution in [0.3, 0.4) is 0 Å². The number of nitrogens with two attached hydrogens (primary N) is 1. The number of nitrogen functional groups attached to an aromatic ring is 1. The summed E-state index contributed by atoms with van der Waals surface area (Å²) in [5, 5.41) is 3.08. The number of halogens is 1. The third-order valence-electron chi connectivity index (χ3n) is 3.50. The first-order valence-corrected chi connectivity index (χ1v) is 7.41. The van der Waals surface area contributed by atoms with E-state index >= 15 is 0 Å². The Balaban J connectivity index is 1.92. The zero-order valence-corrected chi connectivity index (χ0v) is 12.7. The summed E-state index contributed by atoms with van der Waals surface area (Å²) >= 11 is 3.38. The van der Waals surface area contributed by atoms with Gasteiger partial charge in [0.2, 0.25) is 5.91 Å². The molecule has 3 N–H and O–H groups in total. The second kappa shape index (κ2) is 6.28. The second-order valence-corrected chi connectivity index (χ2v) is 6.02. The number of benzene rings is 1. The highest BCUT2D eigenvalue weighted by molar-refractivity contribution is 9.10. The number of anilines is 2. The summed E-state index contributed by atoms with van der Waals surface area (Å²) in [6.45, 7) is 0.336. The van der Waals surface area contributed by atoms with E-state index in [1.165, 1.54) is 12.8 Å². The van der Waals surface area contributed by atoms with Gasteiger partial charge in [0.25, 0.3) is 0 Å². The first-order valence-electron chi connectivity index (χ1n) is 6.62. The second-order valence-electron chi connectivity index (χ2n) is 5.11. The van der Waals surface area contributed by atoms with Crippen LogP contribution < -0.4 is 16.0 Å². The van der Waals surface area contributed by atoms with Crippen molar-refractivity contribution in [1.29, 1.82) is 0 Å². The predicted molar refractivity (Wildman–Crippen MR) is 82.2 cm³/mol. The highest BCUT2D eigenvalue weighted by atomic mass is 79.9. The van der Waals surface area contributed by atoms with E-state index in [1.54, 1.807) is 0 Å². The first kappa shape index (κ1) is 14.2. The van der Waals surface area contributed by atoms with Gasteiger partial charge >= 0.3 is 0 Å². The van der Waals surface area contributed by atoms with E-state index in [0.717, 1.165) is 23.0 Å². The van der Waals surface area contributed by atoms with Crippen LogP contribution in [0.5, 0.6) is 0 Å². The Morgan fingerprint density at radius 3 is 2.79 bits per heavy atom. The molecule has 0 radical (unpaired) electrons. The van der Waals surface area contributed by atoms with E-state index in [-0.39, 0.29) is 5.91 Å². The Kier molecular flexibility index (Phi) is 4.69. The molecule has 2 rings (SSSR count). The summed E-state index contributed by atoms with van der Waals surface area (Å²) in [6.07, 6.45) is 4.66. The molecule has 1 amide bonds. The van der Waals surface area contributed by atoms with Crippen LogP contribution in [0.2, 0.25) is 0 Å². The van der Waals surface area contributed by atoms with Crippen LogP contribution in [0.1, 0.15) is 25.7 Å². The summed E-state index contributed by atoms with van der Waals surface area (Å²) in [6, 6.07) is 6.06. The standard InChI is InChI=1S/C14H20BrN3O/c1-18(13-7-6-10(15)8-12(13)16)9-14(19)17-11-4-2-3-5-11/h6-8,11H,2-5,9,16H2,1H3,(H,17,19). The van der Waals surface area contributed by atoms with Gasteiger partial charge in [-0.25, -0.2) is 0 Å². The maximum absolute atomic E-state index is 12.0. The van der Waals surface area contributed by atoms with Crippen molar-refractivity contribution < 1.29 is 4.79 Å². The van der Waals surface area contributed by atoms with Gasteiger partial charge in [-0.2, -0.15) is 0 Å². The molecule has 104 valence electrons. The monoisotopic (exact) mass is 325 g/mol. The maximum Gasteiger partial charge on any atom is 0.239 e. The molecule has 0 saturated heterocycles.